The van der Waals surface area contributed by atoms with Gasteiger partial charge >= 0.3 is 5.97 Å². The van der Waals surface area contributed by atoms with Gasteiger partial charge in [-0.05, 0) is 12.8 Å². The number of nitrogens with one attached hydrogen (secondary N) is 2. The maximum Gasteiger partial charge on any atom is 0.320 e. The first kappa shape index (κ1) is 11.7. The first-order valence-corrected chi connectivity index (χ1v) is 4.97. The molecular weight excluding hydrogens is 194 g/mol. The summed E-state index contributed by atoms with van der Waals surface area (Å²) in [6.07, 6.45) is 1.71. The lowest BCUT2D eigenvalue weighted by atomic mass is 10.1. The van der Waals surface area contributed by atoms with Crippen LogP contribution in [-0.4, -0.2) is 27.1 Å². The summed E-state index contributed by atoms with van der Waals surface area (Å²) >= 11 is 0. The Kier molecular flexibility index (Phi) is 3.85. The number of H-pyrrole nitrogens is 1. The Hall–Kier alpha value is -1.36. The smallest absolute Gasteiger partial charge is 0.320 e. The topological polar surface area (TPSA) is 78.0 Å². The van der Waals surface area contributed by atoms with Crippen molar-refractivity contribution in [3.63, 3.8) is 0 Å². The lowest BCUT2D eigenvalue weighted by Crippen LogP contribution is -2.40. The third-order valence-electron chi connectivity index (χ3n) is 2.20. The van der Waals surface area contributed by atoms with Crippen molar-refractivity contribution in [1.82, 2.24) is 15.3 Å². The Bertz CT molecular complexity index is 333. The fraction of sp³-hybridized carbons (Fsp3) is 0.600. The Morgan fingerprint density at radius 3 is 2.73 bits per heavy atom. The van der Waals surface area contributed by atoms with E-state index in [0.29, 0.717) is 6.54 Å². The second kappa shape index (κ2) is 4.93. The lowest BCUT2D eigenvalue weighted by molar-refractivity contribution is -0.140. The Morgan fingerprint density at radius 1 is 1.67 bits per heavy atom. The number of hydrogen-bond acceptors (Lipinski definition) is 3. The molecular formula is C10H17N3O2. The normalized spacial score (nSPS) is 13.1. The van der Waals surface area contributed by atoms with E-state index >= 15 is 0 Å². The van der Waals surface area contributed by atoms with Crippen molar-refractivity contribution in [3.8, 4) is 0 Å². The number of carboxylic acids is 1. The number of aromatic amines is 1. The summed E-state index contributed by atoms with van der Waals surface area (Å²) in [7, 11) is 0. The second-order valence-electron chi connectivity index (χ2n) is 3.93. The van der Waals surface area contributed by atoms with Crippen molar-refractivity contribution < 1.29 is 9.90 Å². The molecule has 1 heterocycles. The number of carboxylic acid groups (broad SMARTS) is 1. The molecule has 1 aromatic heterocycles. The number of aryl methyl sites for hydroxylation is 1. The number of imidazole rings is 1. The van der Waals surface area contributed by atoms with Gasteiger partial charge in [0.15, 0.2) is 0 Å². The van der Waals surface area contributed by atoms with Crippen LogP contribution in [0.4, 0.5) is 0 Å². The average molecular weight is 211 g/mol. The van der Waals surface area contributed by atoms with Gasteiger partial charge in [0.1, 0.15) is 11.9 Å². The maximum absolute atomic E-state index is 10.9. The van der Waals surface area contributed by atoms with Gasteiger partial charge in [-0.15, -0.1) is 0 Å². The number of nitrogens with zero attached hydrogens (tertiary/aromatic N) is 1. The second-order valence-corrected chi connectivity index (χ2v) is 3.93. The predicted molar refractivity (Wildman–Crippen MR) is 56.4 cm³/mol. The van der Waals surface area contributed by atoms with Crippen LogP contribution in [0.5, 0.6) is 0 Å². The molecule has 3 N–H and O–H groups in total. The van der Waals surface area contributed by atoms with Gasteiger partial charge in [0, 0.05) is 18.4 Å². The lowest BCUT2D eigenvalue weighted by Gasteiger charge is -2.17. The highest BCUT2D eigenvalue weighted by Crippen LogP contribution is 2.03. The maximum atomic E-state index is 10.9. The molecule has 15 heavy (non-hydrogen) atoms. The molecule has 5 nitrogen and oxygen atoms in total. The highest BCUT2D eigenvalue weighted by Gasteiger charge is 2.20. The third-order valence-corrected chi connectivity index (χ3v) is 2.20. The van der Waals surface area contributed by atoms with Crippen LogP contribution in [0.15, 0.2) is 6.20 Å². The Morgan fingerprint density at radius 2 is 2.33 bits per heavy atom. The number of aliphatic carboxylic acids is 1. The van der Waals surface area contributed by atoms with Gasteiger partial charge in [-0.1, -0.05) is 13.8 Å². The number of carbonyl (C=O) groups is 1. The predicted octanol–water partition coefficient (Wildman–Crippen LogP) is 0.917. The molecule has 0 saturated heterocycles. The molecule has 1 aromatic rings. The summed E-state index contributed by atoms with van der Waals surface area (Å²) in [6.45, 7) is 6.12. The summed E-state index contributed by atoms with van der Waals surface area (Å²) in [6, 6.07) is -0.520. The monoisotopic (exact) mass is 211 g/mol. The van der Waals surface area contributed by atoms with Gasteiger partial charge in [-0.25, -0.2) is 4.98 Å². The zero-order chi connectivity index (χ0) is 11.4. The van der Waals surface area contributed by atoms with Gasteiger partial charge in [0.2, 0.25) is 0 Å². The SMILES string of the molecule is Cc1ncc(CNC(C(=O)O)C(C)C)[nH]1. The van der Waals surface area contributed by atoms with Crippen LogP contribution in [0.3, 0.4) is 0 Å². The van der Waals surface area contributed by atoms with Gasteiger partial charge in [0.25, 0.3) is 0 Å². The number of hydrogen-bond donors (Lipinski definition) is 3. The first-order valence-electron chi connectivity index (χ1n) is 4.97. The average Bonchev–Trinajstić information content (AvgIpc) is 2.50. The molecule has 0 fully saturated rings. The van der Waals surface area contributed by atoms with Crippen LogP contribution in [0.1, 0.15) is 25.4 Å². The van der Waals surface area contributed by atoms with E-state index in [9.17, 15) is 4.79 Å². The van der Waals surface area contributed by atoms with Gasteiger partial charge < -0.3 is 10.1 Å². The van der Waals surface area contributed by atoms with E-state index in [1.54, 1.807) is 6.20 Å². The Labute approximate surface area is 88.9 Å². The standard InChI is InChI=1S/C10H17N3O2/c1-6(2)9(10(14)15)12-5-8-4-11-7(3)13-8/h4,6,9,12H,5H2,1-3H3,(H,11,13)(H,14,15). The molecule has 1 atom stereocenters. The fourth-order valence-electron chi connectivity index (χ4n) is 1.39. The van der Waals surface area contributed by atoms with Crippen molar-refractivity contribution >= 4 is 5.97 Å². The minimum atomic E-state index is -0.818. The summed E-state index contributed by atoms with van der Waals surface area (Å²) in [4.78, 5) is 18.0. The van der Waals surface area contributed by atoms with Gasteiger partial charge in [0.05, 0.1) is 0 Å². The first-order chi connectivity index (χ1) is 7.00. The molecule has 5 heteroatoms. The van der Waals surface area contributed by atoms with E-state index in [2.05, 4.69) is 15.3 Å². The molecule has 0 radical (unpaired) electrons. The van der Waals surface area contributed by atoms with Crippen LogP contribution in [0, 0.1) is 12.8 Å². The van der Waals surface area contributed by atoms with Crippen molar-refractivity contribution in [2.24, 2.45) is 5.92 Å². The molecule has 0 amide bonds. The quantitative estimate of drug-likeness (QED) is 0.676. The molecule has 84 valence electrons. The van der Waals surface area contributed by atoms with Crippen LogP contribution in [0.25, 0.3) is 0 Å². The summed E-state index contributed by atoms with van der Waals surface area (Å²) in [5, 5.41) is 11.9. The number of aromatic nitrogens is 2. The van der Waals surface area contributed by atoms with E-state index in [1.165, 1.54) is 0 Å². The molecule has 1 unspecified atom stereocenters. The molecule has 0 aromatic carbocycles. The van der Waals surface area contributed by atoms with Crippen LogP contribution in [-0.2, 0) is 11.3 Å². The zero-order valence-electron chi connectivity index (χ0n) is 9.24. The zero-order valence-corrected chi connectivity index (χ0v) is 9.24. The molecule has 0 saturated carbocycles. The van der Waals surface area contributed by atoms with E-state index in [4.69, 9.17) is 5.11 Å². The van der Waals surface area contributed by atoms with Crippen LogP contribution < -0.4 is 5.32 Å². The highest BCUT2D eigenvalue weighted by atomic mass is 16.4. The van der Waals surface area contributed by atoms with Crippen LogP contribution >= 0.6 is 0 Å². The number of rotatable bonds is 5. The minimum absolute atomic E-state index is 0.0616. The van der Waals surface area contributed by atoms with E-state index in [0.717, 1.165) is 11.5 Å². The van der Waals surface area contributed by atoms with E-state index in [-0.39, 0.29) is 5.92 Å². The van der Waals surface area contributed by atoms with Gasteiger partial charge in [-0.2, -0.15) is 0 Å². The van der Waals surface area contributed by atoms with Crippen molar-refractivity contribution in [3.05, 3.63) is 17.7 Å². The minimum Gasteiger partial charge on any atom is -0.480 e. The van der Waals surface area contributed by atoms with Crippen LogP contribution in [0.2, 0.25) is 0 Å². The molecule has 0 bridgehead atoms. The summed E-state index contributed by atoms with van der Waals surface area (Å²) < 4.78 is 0. The van der Waals surface area contributed by atoms with Crippen molar-refractivity contribution in [1.29, 1.82) is 0 Å². The fourth-order valence-corrected chi connectivity index (χ4v) is 1.39. The van der Waals surface area contributed by atoms with Gasteiger partial charge in [-0.3, -0.25) is 10.1 Å². The van der Waals surface area contributed by atoms with E-state index < -0.39 is 12.0 Å². The Balaban J connectivity index is 2.50. The molecule has 0 aliphatic rings. The van der Waals surface area contributed by atoms with Crippen molar-refractivity contribution in [2.45, 2.75) is 33.4 Å². The molecule has 0 aliphatic heterocycles. The molecule has 0 aliphatic carbocycles. The molecule has 1 rings (SSSR count). The van der Waals surface area contributed by atoms with Crippen molar-refractivity contribution in [2.75, 3.05) is 0 Å². The third kappa shape index (κ3) is 3.36. The largest absolute Gasteiger partial charge is 0.480 e. The van der Waals surface area contributed by atoms with E-state index in [1.807, 2.05) is 20.8 Å². The molecule has 0 spiro atoms. The highest BCUT2D eigenvalue weighted by molar-refractivity contribution is 5.73. The summed E-state index contributed by atoms with van der Waals surface area (Å²) in [5.74, 6) is 0.0796. The summed E-state index contributed by atoms with van der Waals surface area (Å²) in [5.41, 5.74) is 0.902.